The smallest absolute Gasteiger partial charge is 0.789 e. The molecule has 19 nitrogen and oxygen atoms in total. The molecule has 1 saturated heterocycles. The van der Waals surface area contributed by atoms with Crippen molar-refractivity contribution >= 4 is 21.9 Å². The number of H-pyrrole nitrogens is 1. The summed E-state index contributed by atoms with van der Waals surface area (Å²) in [6.07, 6.45) is -15.6. The van der Waals surface area contributed by atoms with Gasteiger partial charge in [-0.15, -0.1) is 0 Å². The fourth-order valence-electron chi connectivity index (χ4n) is 2.96. The van der Waals surface area contributed by atoms with Gasteiger partial charge in [-0.1, -0.05) is 0 Å². The number of hydrogen-bond donors (Lipinski definition) is 7. The molecule has 2 heterocycles. The molecule has 0 aliphatic carbocycles. The summed E-state index contributed by atoms with van der Waals surface area (Å²) in [5.74, 6) is 0. The minimum Gasteiger partial charge on any atom is -0.789 e. The summed E-state index contributed by atoms with van der Waals surface area (Å²) in [7, 11) is -11.8. The maximum Gasteiger partial charge on any atom is 1.00 e. The number of phosphoric acid groups is 2. The topological polar surface area (TPSA) is 310 Å². The van der Waals surface area contributed by atoms with Crippen molar-refractivity contribution in [1.82, 2.24) is 9.55 Å². The molecule has 9 atom stereocenters. The predicted octanol–water partition coefficient (Wildman–Crippen LogP) is -12.2. The van der Waals surface area contributed by atoms with Gasteiger partial charge in [-0.25, -0.2) is 9.36 Å². The minimum atomic E-state index is -6.17. The van der Waals surface area contributed by atoms with Crippen molar-refractivity contribution in [2.24, 2.45) is 0 Å². The van der Waals surface area contributed by atoms with Crippen LogP contribution in [-0.4, -0.2) is 102 Å². The first kappa shape index (κ1) is 38.3. The number of phosphoric ester groups is 1. The molecule has 1 aromatic rings. The molecule has 0 aromatic carbocycles. The zero-order valence-electron chi connectivity index (χ0n) is 19.8. The Hall–Kier alpha value is 0.330. The molecule has 0 spiro atoms. The number of aliphatic hydroxyl groups is 6. The monoisotopic (exact) mass is 610 g/mol. The fourth-order valence-corrected chi connectivity index (χ4v) is 5.19. The number of carbonyl (C=O) groups is 1. The van der Waals surface area contributed by atoms with E-state index in [1.165, 1.54) is 0 Å². The van der Waals surface area contributed by atoms with Gasteiger partial charge < -0.3 is 54.5 Å². The van der Waals surface area contributed by atoms with Crippen LogP contribution < -0.4 is 80.2 Å². The molecule has 1 unspecified atom stereocenters. The Morgan fingerprint density at radius 2 is 1.74 bits per heavy atom. The summed E-state index contributed by atoms with van der Waals surface area (Å²) >= 11 is 0. The summed E-state index contributed by atoms with van der Waals surface area (Å²) in [5, 5.41) is 58.6. The minimum absolute atomic E-state index is 0. The van der Waals surface area contributed by atoms with E-state index in [-0.39, 0.29) is 65.4 Å². The molecule has 0 saturated carbocycles. The molecule has 1 aromatic heterocycles. The van der Waals surface area contributed by atoms with Crippen molar-refractivity contribution in [3.8, 4) is 0 Å². The van der Waals surface area contributed by atoms with E-state index < -0.39 is 89.1 Å². The molecule has 1 aliphatic rings. The zero-order chi connectivity index (χ0) is 27.4. The van der Waals surface area contributed by atoms with E-state index in [1.54, 1.807) is 0 Å². The summed E-state index contributed by atoms with van der Waals surface area (Å²) < 4.78 is 42.7. The first-order valence-electron chi connectivity index (χ1n) is 9.72. The van der Waals surface area contributed by atoms with Crippen LogP contribution in [0.5, 0.6) is 0 Å². The number of aromatic amines is 1. The predicted molar refractivity (Wildman–Crippen MR) is 106 cm³/mol. The Morgan fingerprint density at radius 3 is 2.24 bits per heavy atom. The van der Waals surface area contributed by atoms with Crippen LogP contribution in [0, 0.1) is 0 Å². The van der Waals surface area contributed by atoms with Crippen LogP contribution in [0.1, 0.15) is 6.23 Å². The standard InChI is InChI=1S/C15H24N2O17P2.2Na/c18-3-6(20)10(22)11(23)7(4-19)33-36(30,34-35(27,28)29)31-5-8-12(24)13(25)14(32-8)17-2-1-9(21)16-15(17)26;;/h1-3,6-8,10-14,19-20,22-25H,4-5H2,(H,16,21,26)(H2,27,28,29);;/q;2*+1/p-2/t6-,7+,8+,10+,11-,12+,13+,14+,36?;;/m0../s1. The van der Waals surface area contributed by atoms with Crippen molar-refractivity contribution in [1.29, 1.82) is 0 Å². The average molecular weight is 610 g/mol. The second-order valence-electron chi connectivity index (χ2n) is 7.27. The summed E-state index contributed by atoms with van der Waals surface area (Å²) in [4.78, 5) is 57.7. The van der Waals surface area contributed by atoms with E-state index >= 15 is 0 Å². The van der Waals surface area contributed by atoms with E-state index in [0.717, 1.165) is 12.3 Å². The number of nitrogens with one attached hydrogen (secondary N) is 1. The summed E-state index contributed by atoms with van der Waals surface area (Å²) in [5.41, 5.74) is -1.84. The molecule has 0 bridgehead atoms. The number of aromatic nitrogens is 2. The molecule has 23 heteroatoms. The molecule has 2 rings (SSSR count). The molecule has 206 valence electrons. The molecule has 1 fully saturated rings. The summed E-state index contributed by atoms with van der Waals surface area (Å²) in [6.45, 7) is -2.50. The third-order valence-electron chi connectivity index (χ3n) is 4.72. The molecule has 1 aliphatic heterocycles. The summed E-state index contributed by atoms with van der Waals surface area (Å²) in [6, 6.07) is 0.889. The Labute approximate surface area is 256 Å². The van der Waals surface area contributed by atoms with Crippen molar-refractivity contribution in [3.63, 3.8) is 0 Å². The number of ether oxygens (including phenoxy) is 1. The molecule has 7 N–H and O–H groups in total. The maximum atomic E-state index is 12.8. The van der Waals surface area contributed by atoms with Crippen LogP contribution >= 0.6 is 15.6 Å². The molecule has 0 amide bonds. The van der Waals surface area contributed by atoms with Gasteiger partial charge in [-0.2, -0.15) is 0 Å². The van der Waals surface area contributed by atoms with Gasteiger partial charge in [0, 0.05) is 12.3 Å². The van der Waals surface area contributed by atoms with Crippen molar-refractivity contribution < 1.29 is 132 Å². The third-order valence-corrected chi connectivity index (χ3v) is 7.32. The Morgan fingerprint density at radius 1 is 1.13 bits per heavy atom. The Kier molecular flexibility index (Phi) is 16.2. The normalized spacial score (nSPS) is 26.2. The van der Waals surface area contributed by atoms with E-state index in [0.29, 0.717) is 4.57 Å². The van der Waals surface area contributed by atoms with Crippen molar-refractivity contribution in [3.05, 3.63) is 33.1 Å². The number of carbonyl (C=O) groups excluding carboxylic acids is 1. The van der Waals surface area contributed by atoms with E-state index in [4.69, 9.17) is 4.74 Å². The zero-order valence-corrected chi connectivity index (χ0v) is 25.6. The first-order chi connectivity index (χ1) is 16.6. The fraction of sp³-hybridized carbons (Fsp3) is 0.667. The van der Waals surface area contributed by atoms with Gasteiger partial charge >= 0.3 is 72.6 Å². The van der Waals surface area contributed by atoms with Crippen LogP contribution in [-0.2, 0) is 32.0 Å². The van der Waals surface area contributed by atoms with Gasteiger partial charge in [-0.05, 0) is 0 Å². The number of rotatable bonds is 13. The van der Waals surface area contributed by atoms with E-state index in [1.807, 2.05) is 4.98 Å². The first-order valence-corrected chi connectivity index (χ1v) is 12.6. The van der Waals surface area contributed by atoms with Gasteiger partial charge in [0.05, 0.1) is 21.0 Å². The Bertz CT molecular complexity index is 1110. The second-order valence-corrected chi connectivity index (χ2v) is 10.2. The van der Waals surface area contributed by atoms with Crippen molar-refractivity contribution in [2.75, 3.05) is 13.2 Å². The Balaban J connectivity index is 0.00000684. The number of nitrogens with zero attached hydrogens (tertiary/aromatic N) is 1. The number of aldehydes is 1. The SMILES string of the molecule is O=C[C@H](O)[C@@H](O)[C@@H](O)[C@@H](CO)OP(=O)(OC[C@H]1O[C@@H](n2ccc(=O)[nH]c2=O)[C@H](O)[C@@H]1O)OP(=O)([O-])[O-].[Na+].[Na+]. The third kappa shape index (κ3) is 10.3. The number of hydrogen-bond acceptors (Lipinski definition) is 17. The van der Waals surface area contributed by atoms with Gasteiger partial charge in [0.2, 0.25) is 0 Å². The maximum absolute atomic E-state index is 12.8. The van der Waals surface area contributed by atoms with Crippen molar-refractivity contribution in [2.45, 2.75) is 49.0 Å². The molecular formula is C15H22N2Na2O17P2. The molecule has 0 radical (unpaired) electrons. The van der Waals surface area contributed by atoms with Gasteiger partial charge in [-0.3, -0.25) is 27.7 Å². The van der Waals surface area contributed by atoms with Crippen LogP contribution in [0.25, 0.3) is 0 Å². The van der Waals surface area contributed by atoms with Crippen LogP contribution in [0.2, 0.25) is 0 Å². The molecular weight excluding hydrogens is 588 g/mol. The van der Waals surface area contributed by atoms with E-state index in [9.17, 15) is 63.9 Å². The van der Waals surface area contributed by atoms with Gasteiger partial charge in [0.25, 0.3) is 5.56 Å². The molecule has 38 heavy (non-hydrogen) atoms. The van der Waals surface area contributed by atoms with Crippen LogP contribution in [0.3, 0.4) is 0 Å². The van der Waals surface area contributed by atoms with Crippen LogP contribution in [0.4, 0.5) is 0 Å². The van der Waals surface area contributed by atoms with Gasteiger partial charge in [0.1, 0.15) is 42.7 Å². The largest absolute Gasteiger partial charge is 1.00 e. The van der Waals surface area contributed by atoms with Crippen LogP contribution in [0.15, 0.2) is 21.9 Å². The number of aliphatic hydroxyl groups excluding tert-OH is 6. The quantitative estimate of drug-likeness (QED) is 0.0619. The van der Waals surface area contributed by atoms with E-state index in [2.05, 4.69) is 13.4 Å². The average Bonchev–Trinajstić information content (AvgIpc) is 3.07. The van der Waals surface area contributed by atoms with Gasteiger partial charge in [0.15, 0.2) is 12.5 Å². The second kappa shape index (κ2) is 16.1.